The summed E-state index contributed by atoms with van der Waals surface area (Å²) in [6, 6.07) is 2.17. The van der Waals surface area contributed by atoms with Gasteiger partial charge in [0.05, 0.1) is 3.79 Å². The van der Waals surface area contributed by atoms with Gasteiger partial charge in [-0.05, 0) is 45.3 Å². The third kappa shape index (κ3) is 2.75. The van der Waals surface area contributed by atoms with Gasteiger partial charge < -0.3 is 0 Å². The van der Waals surface area contributed by atoms with Gasteiger partial charge in [-0.25, -0.2) is 0 Å². The van der Waals surface area contributed by atoms with Gasteiger partial charge in [-0.15, -0.1) is 22.9 Å². The zero-order chi connectivity index (χ0) is 8.97. The van der Waals surface area contributed by atoms with Crippen molar-refractivity contribution in [1.29, 1.82) is 0 Å². The van der Waals surface area contributed by atoms with E-state index in [4.69, 9.17) is 11.6 Å². The van der Waals surface area contributed by atoms with Crippen molar-refractivity contribution >= 4 is 38.9 Å². The van der Waals surface area contributed by atoms with Crippen LogP contribution in [0.2, 0.25) is 0 Å². The predicted octanol–water partition coefficient (Wildman–Crippen LogP) is 4.32. The average Bonchev–Trinajstić information content (AvgIpc) is 2.47. The molecule has 0 aliphatic heterocycles. The van der Waals surface area contributed by atoms with Gasteiger partial charge in [0.15, 0.2) is 0 Å². The summed E-state index contributed by atoms with van der Waals surface area (Å²) in [5.41, 5.74) is 1.40. The molecule has 0 bridgehead atoms. The molecule has 1 aromatic heterocycles. The van der Waals surface area contributed by atoms with E-state index < -0.39 is 0 Å². The summed E-state index contributed by atoms with van der Waals surface area (Å²) < 4.78 is 1.26. The molecule has 0 fully saturated rings. The molecule has 0 saturated carbocycles. The van der Waals surface area contributed by atoms with Gasteiger partial charge in [0.25, 0.3) is 0 Å². The van der Waals surface area contributed by atoms with Crippen LogP contribution in [0.15, 0.2) is 15.2 Å². The van der Waals surface area contributed by atoms with Crippen molar-refractivity contribution in [3.63, 3.8) is 0 Å². The van der Waals surface area contributed by atoms with Gasteiger partial charge in [0.2, 0.25) is 0 Å². The Kier molecular flexibility index (Phi) is 4.62. The molecule has 1 atom stereocenters. The maximum atomic E-state index is 5.83. The average molecular weight is 268 g/mol. The molecule has 0 nitrogen and oxygen atoms in total. The summed E-state index contributed by atoms with van der Waals surface area (Å²) in [5, 5.41) is 2.11. The lowest BCUT2D eigenvalue weighted by molar-refractivity contribution is 0.567. The summed E-state index contributed by atoms with van der Waals surface area (Å²) in [5.74, 6) is 1.39. The molecular weight excluding hydrogens is 256 g/mol. The number of halogens is 2. The lowest BCUT2D eigenvalue weighted by atomic mass is 10.0. The molecule has 1 rings (SSSR count). The molecule has 12 heavy (non-hydrogen) atoms. The molecule has 1 unspecified atom stereocenters. The fraction of sp³-hybridized carbons (Fsp3) is 0.556. The molecule has 0 amide bonds. The highest BCUT2D eigenvalue weighted by Gasteiger charge is 2.08. The van der Waals surface area contributed by atoms with E-state index in [1.54, 1.807) is 11.3 Å². The van der Waals surface area contributed by atoms with E-state index in [1.807, 2.05) is 0 Å². The lowest BCUT2D eigenvalue weighted by Crippen LogP contribution is -2.04. The topological polar surface area (TPSA) is 0 Å². The Bertz CT molecular complexity index is 230. The minimum atomic E-state index is 0.623. The standard InChI is InChI=1S/C9H12BrClS/c1-2-7(6-11)5-8-3-4-12-9(8)10/h3-4,7H,2,5-6H2,1H3. The van der Waals surface area contributed by atoms with Gasteiger partial charge in [-0.2, -0.15) is 0 Å². The number of alkyl halides is 1. The van der Waals surface area contributed by atoms with Crippen molar-refractivity contribution in [2.75, 3.05) is 5.88 Å². The van der Waals surface area contributed by atoms with Crippen LogP contribution in [0.4, 0.5) is 0 Å². The van der Waals surface area contributed by atoms with Crippen LogP contribution in [0.25, 0.3) is 0 Å². The van der Waals surface area contributed by atoms with Crippen LogP contribution in [-0.2, 0) is 6.42 Å². The van der Waals surface area contributed by atoms with Crippen LogP contribution in [0, 0.1) is 5.92 Å². The minimum absolute atomic E-state index is 0.623. The maximum Gasteiger partial charge on any atom is 0.0730 e. The summed E-state index contributed by atoms with van der Waals surface area (Å²) in [7, 11) is 0. The van der Waals surface area contributed by atoms with E-state index in [1.165, 1.54) is 9.35 Å². The second-order valence-corrected chi connectivity index (χ2v) is 5.39. The fourth-order valence-corrected chi connectivity index (χ4v) is 2.68. The second kappa shape index (κ2) is 5.25. The third-order valence-electron chi connectivity index (χ3n) is 2.00. The molecule has 0 aliphatic rings. The number of rotatable bonds is 4. The molecule has 0 aliphatic carbocycles. The molecule has 3 heteroatoms. The molecular formula is C9H12BrClS. The first kappa shape index (κ1) is 10.6. The highest BCUT2D eigenvalue weighted by atomic mass is 79.9. The van der Waals surface area contributed by atoms with E-state index in [0.29, 0.717) is 5.92 Å². The molecule has 0 N–H and O–H groups in total. The van der Waals surface area contributed by atoms with Crippen molar-refractivity contribution in [2.45, 2.75) is 19.8 Å². The van der Waals surface area contributed by atoms with Crippen LogP contribution in [0.5, 0.6) is 0 Å². The molecule has 68 valence electrons. The van der Waals surface area contributed by atoms with Gasteiger partial charge in [-0.1, -0.05) is 13.3 Å². The van der Waals surface area contributed by atoms with Crippen molar-refractivity contribution in [3.05, 3.63) is 20.8 Å². The Labute approximate surface area is 91.1 Å². The molecule has 0 radical (unpaired) electrons. The highest BCUT2D eigenvalue weighted by Crippen LogP contribution is 2.26. The van der Waals surface area contributed by atoms with Gasteiger partial charge in [0, 0.05) is 5.88 Å². The Hall–Kier alpha value is 0.470. The number of thiophene rings is 1. The van der Waals surface area contributed by atoms with Crippen LogP contribution in [-0.4, -0.2) is 5.88 Å². The Morgan fingerprint density at radius 2 is 2.42 bits per heavy atom. The van der Waals surface area contributed by atoms with Crippen molar-refractivity contribution in [2.24, 2.45) is 5.92 Å². The van der Waals surface area contributed by atoms with Crippen molar-refractivity contribution < 1.29 is 0 Å². The summed E-state index contributed by atoms with van der Waals surface area (Å²) in [6.45, 7) is 2.19. The summed E-state index contributed by atoms with van der Waals surface area (Å²) in [6.07, 6.45) is 2.26. The van der Waals surface area contributed by atoms with Gasteiger partial charge in [0.1, 0.15) is 0 Å². The summed E-state index contributed by atoms with van der Waals surface area (Å²) in [4.78, 5) is 0. The number of hydrogen-bond acceptors (Lipinski definition) is 1. The summed E-state index contributed by atoms with van der Waals surface area (Å²) >= 11 is 11.1. The fourth-order valence-electron chi connectivity index (χ4n) is 1.08. The normalized spacial score (nSPS) is 13.2. The Morgan fingerprint density at radius 1 is 1.67 bits per heavy atom. The quantitative estimate of drug-likeness (QED) is 0.713. The van der Waals surface area contributed by atoms with Crippen molar-refractivity contribution in [3.8, 4) is 0 Å². The van der Waals surface area contributed by atoms with E-state index in [2.05, 4.69) is 34.3 Å². The zero-order valence-corrected chi connectivity index (χ0v) is 10.2. The smallest absolute Gasteiger partial charge is 0.0730 e. The minimum Gasteiger partial charge on any atom is -0.137 e. The molecule has 0 aromatic carbocycles. The first-order valence-corrected chi connectivity index (χ1v) is 6.26. The van der Waals surface area contributed by atoms with E-state index in [0.717, 1.165) is 18.7 Å². The number of hydrogen-bond donors (Lipinski definition) is 0. The first-order valence-electron chi connectivity index (χ1n) is 4.05. The highest BCUT2D eigenvalue weighted by molar-refractivity contribution is 9.11. The largest absolute Gasteiger partial charge is 0.137 e. The van der Waals surface area contributed by atoms with Gasteiger partial charge in [-0.3, -0.25) is 0 Å². The van der Waals surface area contributed by atoms with Crippen molar-refractivity contribution in [1.82, 2.24) is 0 Å². The zero-order valence-electron chi connectivity index (χ0n) is 7.02. The van der Waals surface area contributed by atoms with E-state index in [9.17, 15) is 0 Å². The van der Waals surface area contributed by atoms with Gasteiger partial charge >= 0.3 is 0 Å². The third-order valence-corrected chi connectivity index (χ3v) is 4.25. The molecule has 1 heterocycles. The predicted molar refractivity (Wildman–Crippen MR) is 60.2 cm³/mol. The Morgan fingerprint density at radius 3 is 2.83 bits per heavy atom. The SMILES string of the molecule is CCC(CCl)Cc1ccsc1Br. The van der Waals surface area contributed by atoms with E-state index in [-0.39, 0.29) is 0 Å². The van der Waals surface area contributed by atoms with Crippen LogP contribution >= 0.6 is 38.9 Å². The molecule has 1 aromatic rings. The van der Waals surface area contributed by atoms with Crippen LogP contribution in [0.1, 0.15) is 18.9 Å². The Balaban J connectivity index is 2.56. The molecule has 0 saturated heterocycles. The van der Waals surface area contributed by atoms with E-state index >= 15 is 0 Å². The molecule has 0 spiro atoms. The monoisotopic (exact) mass is 266 g/mol. The first-order chi connectivity index (χ1) is 5.77. The lowest BCUT2D eigenvalue weighted by Gasteiger charge is -2.09. The maximum absolute atomic E-state index is 5.83. The van der Waals surface area contributed by atoms with Crippen LogP contribution in [0.3, 0.4) is 0 Å². The second-order valence-electron chi connectivity index (χ2n) is 2.85. The van der Waals surface area contributed by atoms with Crippen LogP contribution < -0.4 is 0 Å².